The van der Waals surface area contributed by atoms with Crippen molar-refractivity contribution in [1.29, 1.82) is 0 Å². The van der Waals surface area contributed by atoms with Crippen LogP contribution in [0.1, 0.15) is 42.7 Å². The van der Waals surface area contributed by atoms with Crippen LogP contribution in [0.5, 0.6) is 11.5 Å². The second-order valence-corrected chi connectivity index (χ2v) is 6.73. The molecule has 0 spiro atoms. The summed E-state index contributed by atoms with van der Waals surface area (Å²) in [5.41, 5.74) is 1.13. The summed E-state index contributed by atoms with van der Waals surface area (Å²) in [5.74, 6) is -1.90. The quantitative estimate of drug-likeness (QED) is 0.675. The van der Waals surface area contributed by atoms with E-state index in [0.29, 0.717) is 0 Å². The van der Waals surface area contributed by atoms with Crippen LogP contribution >= 0.6 is 0 Å². The van der Waals surface area contributed by atoms with Crippen LogP contribution in [0.4, 0.5) is 13.2 Å². The molecule has 6 heteroatoms. The summed E-state index contributed by atoms with van der Waals surface area (Å²) in [6.45, 7) is 0.0131. The Hall–Kier alpha value is -2.21. The summed E-state index contributed by atoms with van der Waals surface area (Å²) in [6.07, 6.45) is 3.28. The van der Waals surface area contributed by atoms with Crippen molar-refractivity contribution >= 4 is 0 Å². The predicted molar refractivity (Wildman–Crippen MR) is 95.6 cm³/mol. The normalized spacial score (nSPS) is 19.7. The van der Waals surface area contributed by atoms with Crippen LogP contribution in [0, 0.1) is 17.5 Å². The van der Waals surface area contributed by atoms with Crippen molar-refractivity contribution in [2.45, 2.75) is 44.3 Å². The van der Waals surface area contributed by atoms with E-state index in [4.69, 9.17) is 14.2 Å². The number of benzene rings is 2. The molecular formula is C21H23F3O3. The van der Waals surface area contributed by atoms with Gasteiger partial charge < -0.3 is 14.2 Å². The van der Waals surface area contributed by atoms with Gasteiger partial charge in [0.2, 0.25) is 5.82 Å². The molecule has 0 N–H and O–H groups in total. The third-order valence-corrected chi connectivity index (χ3v) is 5.14. The summed E-state index contributed by atoms with van der Waals surface area (Å²) in [7, 11) is 2.74. The fourth-order valence-corrected chi connectivity index (χ4v) is 3.55. The molecule has 0 aromatic heterocycles. The molecule has 27 heavy (non-hydrogen) atoms. The van der Waals surface area contributed by atoms with Gasteiger partial charge in [-0.05, 0) is 61.4 Å². The Kier molecular flexibility index (Phi) is 6.26. The van der Waals surface area contributed by atoms with E-state index in [9.17, 15) is 13.2 Å². The molecule has 0 unspecified atom stereocenters. The zero-order chi connectivity index (χ0) is 19.4. The molecule has 0 atom stereocenters. The molecule has 3 nitrogen and oxygen atoms in total. The molecule has 0 radical (unpaired) electrons. The highest BCUT2D eigenvalue weighted by Gasteiger charge is 2.24. The Labute approximate surface area is 157 Å². The average Bonchev–Trinajstić information content (AvgIpc) is 2.69. The SMILES string of the molecule is COc1ccc(C2CCC(OCc3ccc(OC)c(F)c3F)CC2)cc1F. The van der Waals surface area contributed by atoms with Gasteiger partial charge in [-0.25, -0.2) is 8.78 Å². The Morgan fingerprint density at radius 3 is 2.15 bits per heavy atom. The third kappa shape index (κ3) is 4.38. The van der Waals surface area contributed by atoms with Crippen molar-refractivity contribution in [1.82, 2.24) is 0 Å². The average molecular weight is 380 g/mol. The summed E-state index contributed by atoms with van der Waals surface area (Å²) in [4.78, 5) is 0. The van der Waals surface area contributed by atoms with Gasteiger partial charge in [-0.2, -0.15) is 4.39 Å². The molecule has 1 fully saturated rings. The van der Waals surface area contributed by atoms with Crippen LogP contribution in [0.2, 0.25) is 0 Å². The molecule has 0 aliphatic heterocycles. The molecule has 0 heterocycles. The highest BCUT2D eigenvalue weighted by molar-refractivity contribution is 5.32. The first-order valence-corrected chi connectivity index (χ1v) is 8.99. The number of halogens is 3. The monoisotopic (exact) mass is 380 g/mol. The van der Waals surface area contributed by atoms with E-state index < -0.39 is 11.6 Å². The topological polar surface area (TPSA) is 27.7 Å². The fraction of sp³-hybridized carbons (Fsp3) is 0.429. The van der Waals surface area contributed by atoms with Gasteiger partial charge in [0.05, 0.1) is 26.9 Å². The van der Waals surface area contributed by atoms with Crippen LogP contribution in [-0.2, 0) is 11.3 Å². The van der Waals surface area contributed by atoms with Crippen LogP contribution in [0.3, 0.4) is 0 Å². The Bertz CT molecular complexity index is 786. The van der Waals surface area contributed by atoms with E-state index in [0.717, 1.165) is 31.2 Å². The standard InChI is InChI=1S/C21H23F3O3/c1-25-18-9-5-14(11-17(18)22)13-3-7-16(8-4-13)27-12-15-6-10-19(26-2)21(24)20(15)23/h5-6,9-11,13,16H,3-4,7-8,12H2,1-2H3. The van der Waals surface area contributed by atoms with E-state index >= 15 is 0 Å². The van der Waals surface area contributed by atoms with Crippen molar-refractivity contribution in [3.05, 3.63) is 58.9 Å². The molecule has 0 amide bonds. The van der Waals surface area contributed by atoms with Crippen LogP contribution < -0.4 is 9.47 Å². The largest absolute Gasteiger partial charge is 0.494 e. The predicted octanol–water partition coefficient (Wildman–Crippen LogP) is 5.36. The zero-order valence-electron chi connectivity index (χ0n) is 15.4. The minimum absolute atomic E-state index is 0.0131. The second kappa shape index (κ2) is 8.65. The fourth-order valence-electron chi connectivity index (χ4n) is 3.55. The molecule has 3 rings (SSSR count). The van der Waals surface area contributed by atoms with Gasteiger partial charge in [-0.1, -0.05) is 6.07 Å². The van der Waals surface area contributed by atoms with Crippen LogP contribution in [0.25, 0.3) is 0 Å². The molecule has 1 aliphatic carbocycles. The second-order valence-electron chi connectivity index (χ2n) is 6.73. The Morgan fingerprint density at radius 2 is 1.52 bits per heavy atom. The molecule has 1 saturated carbocycles. The highest BCUT2D eigenvalue weighted by Crippen LogP contribution is 2.36. The number of hydrogen-bond acceptors (Lipinski definition) is 3. The lowest BCUT2D eigenvalue weighted by Gasteiger charge is -2.29. The van der Waals surface area contributed by atoms with Crippen molar-refractivity contribution < 1.29 is 27.4 Å². The van der Waals surface area contributed by atoms with Gasteiger partial charge in [-0.3, -0.25) is 0 Å². The van der Waals surface area contributed by atoms with Gasteiger partial charge in [-0.15, -0.1) is 0 Å². The first-order chi connectivity index (χ1) is 13.0. The van der Waals surface area contributed by atoms with Crippen molar-refractivity contribution in [2.75, 3.05) is 14.2 Å². The van der Waals surface area contributed by atoms with Gasteiger partial charge >= 0.3 is 0 Å². The molecule has 2 aromatic carbocycles. The third-order valence-electron chi connectivity index (χ3n) is 5.14. The smallest absolute Gasteiger partial charge is 0.200 e. The lowest BCUT2D eigenvalue weighted by atomic mass is 9.82. The van der Waals surface area contributed by atoms with E-state index in [-0.39, 0.29) is 41.5 Å². The maximum Gasteiger partial charge on any atom is 0.200 e. The molecular weight excluding hydrogens is 357 g/mol. The van der Waals surface area contributed by atoms with Crippen molar-refractivity contribution in [3.63, 3.8) is 0 Å². The summed E-state index contributed by atoms with van der Waals surface area (Å²) in [6, 6.07) is 7.94. The van der Waals surface area contributed by atoms with Crippen LogP contribution in [-0.4, -0.2) is 20.3 Å². The maximum atomic E-state index is 14.0. The van der Waals surface area contributed by atoms with Gasteiger partial charge in [0.1, 0.15) is 0 Å². The summed E-state index contributed by atoms with van der Waals surface area (Å²) in [5, 5.41) is 0. The van der Waals surface area contributed by atoms with E-state index in [1.807, 2.05) is 6.07 Å². The first kappa shape index (κ1) is 19.5. The minimum Gasteiger partial charge on any atom is -0.494 e. The van der Waals surface area contributed by atoms with Crippen molar-refractivity contribution in [3.8, 4) is 11.5 Å². The molecule has 2 aromatic rings. The number of ether oxygens (including phenoxy) is 3. The Morgan fingerprint density at radius 1 is 0.852 bits per heavy atom. The molecule has 146 valence electrons. The van der Waals surface area contributed by atoms with Crippen LogP contribution in [0.15, 0.2) is 30.3 Å². The van der Waals surface area contributed by atoms with Crippen molar-refractivity contribution in [2.24, 2.45) is 0 Å². The maximum absolute atomic E-state index is 14.0. The van der Waals surface area contributed by atoms with Gasteiger partial charge in [0.15, 0.2) is 23.1 Å². The molecule has 1 aliphatic rings. The number of methoxy groups -OCH3 is 2. The zero-order valence-corrected chi connectivity index (χ0v) is 15.4. The first-order valence-electron chi connectivity index (χ1n) is 8.99. The highest BCUT2D eigenvalue weighted by atomic mass is 19.2. The summed E-state index contributed by atoms with van der Waals surface area (Å²) >= 11 is 0. The summed E-state index contributed by atoms with van der Waals surface area (Å²) < 4.78 is 57.1. The molecule has 0 bridgehead atoms. The van der Waals surface area contributed by atoms with Gasteiger partial charge in [0, 0.05) is 5.56 Å². The van der Waals surface area contributed by atoms with Gasteiger partial charge in [0.25, 0.3) is 0 Å². The van der Waals surface area contributed by atoms with E-state index in [2.05, 4.69) is 0 Å². The van der Waals surface area contributed by atoms with E-state index in [1.54, 1.807) is 6.07 Å². The number of rotatable bonds is 6. The number of hydrogen-bond donors (Lipinski definition) is 0. The lowest BCUT2D eigenvalue weighted by molar-refractivity contribution is 0.0118. The molecule has 0 saturated heterocycles. The van der Waals surface area contributed by atoms with E-state index in [1.165, 1.54) is 32.4 Å². The lowest BCUT2D eigenvalue weighted by Crippen LogP contribution is -2.21. The Balaban J connectivity index is 1.54. The minimum atomic E-state index is -0.996.